The minimum Gasteiger partial charge on any atom is -0.481 e. The van der Waals surface area contributed by atoms with Gasteiger partial charge in [-0.2, -0.15) is 0 Å². The number of methoxy groups -OCH3 is 1. The van der Waals surface area contributed by atoms with Crippen molar-refractivity contribution in [3.63, 3.8) is 0 Å². The molecule has 0 aliphatic rings. The number of ether oxygens (including phenoxy) is 2. The summed E-state index contributed by atoms with van der Waals surface area (Å²) in [6, 6.07) is 7.35. The van der Waals surface area contributed by atoms with Gasteiger partial charge in [0.15, 0.2) is 5.78 Å². The fourth-order valence-corrected chi connectivity index (χ4v) is 4.85. The van der Waals surface area contributed by atoms with Gasteiger partial charge in [-0.05, 0) is 24.3 Å². The zero-order valence-corrected chi connectivity index (χ0v) is 24.5. The number of aliphatic hydroxyl groups is 1. The van der Waals surface area contributed by atoms with E-state index in [2.05, 4.69) is 0 Å². The van der Waals surface area contributed by atoms with E-state index in [0.29, 0.717) is 6.42 Å². The average Bonchev–Trinajstić information content (AvgIpc) is 2.89. The largest absolute Gasteiger partial charge is 0.481 e. The molecule has 0 radical (unpaired) electrons. The summed E-state index contributed by atoms with van der Waals surface area (Å²) >= 11 is 0. The third-order valence-electron chi connectivity index (χ3n) is 7.32. The molecule has 0 spiro atoms. The van der Waals surface area contributed by atoms with Crippen LogP contribution in [0.5, 0.6) is 0 Å². The topological polar surface area (TPSA) is 134 Å². The summed E-state index contributed by atoms with van der Waals surface area (Å²) in [6.07, 6.45) is -2.49. The molecule has 10 nitrogen and oxygen atoms in total. The number of carbonyl (C=O) groups excluding carboxylic acids is 3. The average molecular weight is 551 g/mol. The number of hydrogen-bond donors (Lipinski definition) is 2. The molecule has 0 saturated heterocycles. The van der Waals surface area contributed by atoms with E-state index in [1.807, 2.05) is 45.9 Å². The number of hydrogen-bond acceptors (Lipinski definition) is 7. The first-order valence-corrected chi connectivity index (χ1v) is 13.4. The van der Waals surface area contributed by atoms with Gasteiger partial charge in [0.1, 0.15) is 12.6 Å². The number of ketones is 1. The highest BCUT2D eigenvalue weighted by Gasteiger charge is 2.40. The van der Waals surface area contributed by atoms with Crippen molar-refractivity contribution < 1.29 is 38.9 Å². The fraction of sp³-hybridized carbons (Fsp3) is 0.655. The van der Waals surface area contributed by atoms with Crippen LogP contribution in [0.3, 0.4) is 0 Å². The molecule has 220 valence electrons. The van der Waals surface area contributed by atoms with E-state index in [0.717, 1.165) is 10.5 Å². The highest BCUT2D eigenvalue weighted by molar-refractivity contribution is 5.92. The standard InChI is InChI=1S/C29H46N2O8/c1-9-19(4)26(24(38-8)16-25(34)35)30(6)28(36)22(18(2)3)15-23(33)27(20(5)32)31(7)29(37)39-17-21-13-11-10-12-14-21/h10-14,18-20,22,24,26-27,32H,9,15-17H2,1-8H3,(H,34,35)/t19-,20+,22-,24+,26-,27-/m0/s1. The van der Waals surface area contributed by atoms with Crippen molar-refractivity contribution in [1.29, 1.82) is 0 Å². The van der Waals surface area contributed by atoms with Crippen LogP contribution in [0.2, 0.25) is 0 Å². The zero-order chi connectivity index (χ0) is 29.9. The van der Waals surface area contributed by atoms with E-state index in [4.69, 9.17) is 9.47 Å². The summed E-state index contributed by atoms with van der Waals surface area (Å²) in [7, 11) is 4.41. The molecule has 2 amide bonds. The van der Waals surface area contributed by atoms with Gasteiger partial charge >= 0.3 is 12.1 Å². The predicted molar refractivity (Wildman–Crippen MR) is 147 cm³/mol. The van der Waals surface area contributed by atoms with Crippen LogP contribution in [0.25, 0.3) is 0 Å². The van der Waals surface area contributed by atoms with Gasteiger partial charge < -0.3 is 24.6 Å². The molecule has 0 bridgehead atoms. The Labute approximate surface area is 232 Å². The van der Waals surface area contributed by atoms with Crippen molar-refractivity contribution >= 4 is 23.8 Å². The normalized spacial score (nSPS) is 15.9. The molecule has 6 atom stereocenters. The molecule has 0 fully saturated rings. The van der Waals surface area contributed by atoms with Crippen LogP contribution in [0.15, 0.2) is 30.3 Å². The highest BCUT2D eigenvalue weighted by Crippen LogP contribution is 2.27. The van der Waals surface area contributed by atoms with Crippen molar-refractivity contribution in [3.05, 3.63) is 35.9 Å². The molecule has 39 heavy (non-hydrogen) atoms. The Morgan fingerprint density at radius 3 is 2.00 bits per heavy atom. The number of nitrogens with zero attached hydrogens (tertiary/aromatic N) is 2. The maximum atomic E-state index is 13.7. The number of carbonyl (C=O) groups is 4. The molecule has 2 N–H and O–H groups in total. The molecule has 10 heteroatoms. The summed E-state index contributed by atoms with van der Waals surface area (Å²) in [4.78, 5) is 54.0. The molecule has 0 heterocycles. The number of benzene rings is 1. The quantitative estimate of drug-likeness (QED) is 0.319. The summed E-state index contributed by atoms with van der Waals surface area (Å²) < 4.78 is 10.8. The Morgan fingerprint density at radius 2 is 1.54 bits per heavy atom. The van der Waals surface area contributed by atoms with Gasteiger partial charge in [0.25, 0.3) is 0 Å². The lowest BCUT2D eigenvalue weighted by Gasteiger charge is -2.39. The molecule has 0 aromatic heterocycles. The fourth-order valence-electron chi connectivity index (χ4n) is 4.85. The Balaban J connectivity index is 3.12. The predicted octanol–water partition coefficient (Wildman–Crippen LogP) is 3.60. The molecule has 1 rings (SSSR count). The number of carboxylic acid groups (broad SMARTS) is 1. The number of Topliss-reactive ketones (excluding diaryl/α,β-unsaturated/α-hetero) is 1. The van der Waals surface area contributed by atoms with Crippen LogP contribution < -0.4 is 0 Å². The van der Waals surface area contributed by atoms with Crippen molar-refractivity contribution in [3.8, 4) is 0 Å². The molecule has 0 saturated carbocycles. The van der Waals surface area contributed by atoms with Crippen molar-refractivity contribution in [1.82, 2.24) is 9.80 Å². The summed E-state index contributed by atoms with van der Waals surface area (Å²) in [5, 5.41) is 19.8. The number of carboxylic acids is 1. The van der Waals surface area contributed by atoms with Gasteiger partial charge in [-0.3, -0.25) is 19.3 Å². The van der Waals surface area contributed by atoms with Gasteiger partial charge in [-0.1, -0.05) is 64.4 Å². The van der Waals surface area contributed by atoms with Crippen LogP contribution in [0.1, 0.15) is 59.4 Å². The second-order valence-electron chi connectivity index (χ2n) is 10.6. The SMILES string of the molecule is CC[C@H](C)[C@@H]([C@@H](CC(=O)O)OC)N(C)C(=O)[C@@H](CC(=O)[C@H]([C@@H](C)O)N(C)C(=O)OCc1ccccc1)C(C)C. The van der Waals surface area contributed by atoms with Gasteiger partial charge in [0, 0.05) is 33.5 Å². The molecular formula is C29H46N2O8. The minimum atomic E-state index is -1.21. The number of aliphatic carboxylic acids is 1. The van der Waals surface area contributed by atoms with Crippen LogP contribution in [-0.2, 0) is 30.5 Å². The Kier molecular flexibility index (Phi) is 14.1. The van der Waals surface area contributed by atoms with Crippen molar-refractivity contribution in [2.24, 2.45) is 17.8 Å². The zero-order valence-electron chi connectivity index (χ0n) is 24.5. The van der Waals surface area contributed by atoms with E-state index in [1.54, 1.807) is 19.2 Å². The maximum Gasteiger partial charge on any atom is 0.410 e. The summed E-state index contributed by atoms with van der Waals surface area (Å²) in [6.45, 7) is 8.95. The van der Waals surface area contributed by atoms with Crippen molar-refractivity contribution in [2.75, 3.05) is 21.2 Å². The number of amides is 2. The molecule has 1 aromatic rings. The van der Waals surface area contributed by atoms with Gasteiger partial charge in [-0.25, -0.2) is 4.79 Å². The van der Waals surface area contributed by atoms with Crippen LogP contribution in [-0.4, -0.2) is 89.3 Å². The third-order valence-corrected chi connectivity index (χ3v) is 7.32. The van der Waals surface area contributed by atoms with Gasteiger partial charge in [0.05, 0.1) is 24.7 Å². The van der Waals surface area contributed by atoms with Crippen LogP contribution >= 0.6 is 0 Å². The molecule has 0 aliphatic heterocycles. The lowest BCUT2D eigenvalue weighted by atomic mass is 9.84. The van der Waals surface area contributed by atoms with E-state index >= 15 is 0 Å². The summed E-state index contributed by atoms with van der Waals surface area (Å²) in [5.41, 5.74) is 0.779. The monoisotopic (exact) mass is 550 g/mol. The van der Waals surface area contributed by atoms with Crippen LogP contribution in [0.4, 0.5) is 4.79 Å². The number of aliphatic hydroxyl groups excluding tert-OH is 1. The first-order valence-electron chi connectivity index (χ1n) is 13.4. The lowest BCUT2D eigenvalue weighted by Crippen LogP contribution is -2.53. The Morgan fingerprint density at radius 1 is 0.949 bits per heavy atom. The number of likely N-dealkylation sites (N-methyl/N-ethyl adjacent to an activating group) is 2. The smallest absolute Gasteiger partial charge is 0.410 e. The van der Waals surface area contributed by atoms with Gasteiger partial charge in [-0.15, -0.1) is 0 Å². The Hall–Kier alpha value is -2.98. The van der Waals surface area contributed by atoms with E-state index in [1.165, 1.54) is 26.0 Å². The second kappa shape index (κ2) is 16.2. The van der Waals surface area contributed by atoms with Crippen LogP contribution in [0, 0.1) is 17.8 Å². The van der Waals surface area contributed by atoms with E-state index in [9.17, 15) is 29.4 Å². The van der Waals surface area contributed by atoms with E-state index in [-0.39, 0.29) is 37.2 Å². The Bertz CT molecular complexity index is 936. The van der Waals surface area contributed by atoms with E-state index < -0.39 is 48.1 Å². The van der Waals surface area contributed by atoms with Crippen molar-refractivity contribution in [2.45, 2.75) is 84.8 Å². The summed E-state index contributed by atoms with van der Waals surface area (Å²) in [5.74, 6) is -2.90. The minimum absolute atomic E-state index is 0.0106. The lowest BCUT2D eigenvalue weighted by molar-refractivity contribution is -0.149. The highest BCUT2D eigenvalue weighted by atomic mass is 16.6. The maximum absolute atomic E-state index is 13.7. The first-order chi connectivity index (χ1) is 18.3. The second-order valence-corrected chi connectivity index (χ2v) is 10.6. The molecule has 0 unspecified atom stereocenters. The van der Waals surface area contributed by atoms with Gasteiger partial charge in [0.2, 0.25) is 5.91 Å². The molecular weight excluding hydrogens is 504 g/mol. The first kappa shape index (κ1) is 34.0. The number of rotatable bonds is 16. The molecule has 1 aromatic carbocycles. The molecule has 0 aliphatic carbocycles. The third kappa shape index (κ3) is 9.93.